The summed E-state index contributed by atoms with van der Waals surface area (Å²) in [6, 6.07) is 15.3. The van der Waals surface area contributed by atoms with Gasteiger partial charge in [-0.15, -0.1) is 0 Å². The minimum atomic E-state index is -0.362. The highest BCUT2D eigenvalue weighted by Crippen LogP contribution is 2.22. The van der Waals surface area contributed by atoms with E-state index in [9.17, 15) is 9.59 Å². The Bertz CT molecular complexity index is 978. The van der Waals surface area contributed by atoms with Crippen molar-refractivity contribution in [3.8, 4) is 0 Å². The highest BCUT2D eigenvalue weighted by Gasteiger charge is 2.12. The van der Waals surface area contributed by atoms with Crippen molar-refractivity contribution >= 4 is 40.7 Å². The van der Waals surface area contributed by atoms with Crippen molar-refractivity contribution in [2.24, 2.45) is 0 Å². The monoisotopic (exact) mass is 399 g/mol. The van der Waals surface area contributed by atoms with Crippen LogP contribution in [0.2, 0.25) is 10.0 Å². The van der Waals surface area contributed by atoms with Crippen LogP contribution in [0.5, 0.6) is 0 Å². The Balaban J connectivity index is 1.66. The summed E-state index contributed by atoms with van der Waals surface area (Å²) in [5.74, 6) is -0.581. The standard InChI is InChI=1S/C20H15Cl2N3O2/c21-15-6-7-18(22)17(10-15)20(27)25-16-5-1-3-13(9-16)11-24-19(26)14-4-2-8-23-12-14/h1-10,12H,11H2,(H,24,26)(H,25,27). The van der Waals surface area contributed by atoms with E-state index >= 15 is 0 Å². The number of pyridine rings is 1. The van der Waals surface area contributed by atoms with Gasteiger partial charge in [0.2, 0.25) is 0 Å². The summed E-state index contributed by atoms with van der Waals surface area (Å²) in [5, 5.41) is 6.34. The Morgan fingerprint density at radius 2 is 1.81 bits per heavy atom. The first-order valence-corrected chi connectivity index (χ1v) is 8.82. The normalized spacial score (nSPS) is 10.3. The van der Waals surface area contributed by atoms with Crippen LogP contribution in [0.3, 0.4) is 0 Å². The lowest BCUT2D eigenvalue weighted by Gasteiger charge is -2.10. The number of hydrogen-bond acceptors (Lipinski definition) is 3. The molecule has 0 aliphatic carbocycles. The van der Waals surface area contributed by atoms with Crippen molar-refractivity contribution < 1.29 is 9.59 Å². The van der Waals surface area contributed by atoms with Gasteiger partial charge in [0.1, 0.15) is 0 Å². The van der Waals surface area contributed by atoms with Gasteiger partial charge in [-0.2, -0.15) is 0 Å². The largest absolute Gasteiger partial charge is 0.348 e. The number of hydrogen-bond donors (Lipinski definition) is 2. The third-order valence-corrected chi connectivity index (χ3v) is 4.30. The topological polar surface area (TPSA) is 71.1 Å². The molecule has 0 bridgehead atoms. The molecule has 0 radical (unpaired) electrons. The van der Waals surface area contributed by atoms with Crippen LogP contribution in [0, 0.1) is 0 Å². The third-order valence-electron chi connectivity index (χ3n) is 3.73. The van der Waals surface area contributed by atoms with E-state index in [2.05, 4.69) is 15.6 Å². The summed E-state index contributed by atoms with van der Waals surface area (Å²) in [6.45, 7) is 0.315. The van der Waals surface area contributed by atoms with Crippen LogP contribution >= 0.6 is 23.2 Å². The van der Waals surface area contributed by atoms with Gasteiger partial charge >= 0.3 is 0 Å². The maximum atomic E-state index is 12.4. The van der Waals surface area contributed by atoms with Gasteiger partial charge in [-0.05, 0) is 48.0 Å². The van der Waals surface area contributed by atoms with Crippen LogP contribution < -0.4 is 10.6 Å². The lowest BCUT2D eigenvalue weighted by molar-refractivity contribution is 0.0949. The molecule has 3 aromatic rings. The number of nitrogens with one attached hydrogen (secondary N) is 2. The SMILES string of the molecule is O=C(NCc1cccc(NC(=O)c2cc(Cl)ccc2Cl)c1)c1cccnc1. The second kappa shape index (κ2) is 8.66. The maximum absolute atomic E-state index is 12.4. The first kappa shape index (κ1) is 18.9. The van der Waals surface area contributed by atoms with Gasteiger partial charge in [0.05, 0.1) is 16.1 Å². The smallest absolute Gasteiger partial charge is 0.257 e. The average molecular weight is 400 g/mol. The lowest BCUT2D eigenvalue weighted by atomic mass is 10.1. The summed E-state index contributed by atoms with van der Waals surface area (Å²) in [5.41, 5.74) is 2.20. The van der Waals surface area contributed by atoms with Crippen molar-refractivity contribution in [2.75, 3.05) is 5.32 Å². The fourth-order valence-electron chi connectivity index (χ4n) is 2.41. The van der Waals surface area contributed by atoms with E-state index in [1.807, 2.05) is 6.07 Å². The van der Waals surface area contributed by atoms with Gasteiger partial charge in [0, 0.05) is 29.6 Å². The summed E-state index contributed by atoms with van der Waals surface area (Å²) >= 11 is 12.0. The fourth-order valence-corrected chi connectivity index (χ4v) is 2.79. The number of anilines is 1. The van der Waals surface area contributed by atoms with E-state index in [4.69, 9.17) is 23.2 Å². The van der Waals surface area contributed by atoms with Gasteiger partial charge in [0.25, 0.3) is 11.8 Å². The van der Waals surface area contributed by atoms with Crippen LogP contribution in [-0.4, -0.2) is 16.8 Å². The molecule has 0 saturated carbocycles. The Morgan fingerprint density at radius 3 is 2.59 bits per heavy atom. The summed E-state index contributed by atoms with van der Waals surface area (Å²) in [6.07, 6.45) is 3.11. The molecule has 27 heavy (non-hydrogen) atoms. The molecule has 7 heteroatoms. The van der Waals surface area contributed by atoms with Crippen molar-refractivity contribution in [1.82, 2.24) is 10.3 Å². The highest BCUT2D eigenvalue weighted by molar-refractivity contribution is 6.36. The van der Waals surface area contributed by atoms with Crippen LogP contribution in [0.25, 0.3) is 0 Å². The van der Waals surface area contributed by atoms with Gasteiger partial charge < -0.3 is 10.6 Å². The molecular weight excluding hydrogens is 385 g/mol. The van der Waals surface area contributed by atoms with Crippen LogP contribution in [0.15, 0.2) is 67.0 Å². The fraction of sp³-hybridized carbons (Fsp3) is 0.0500. The Kier molecular flexibility index (Phi) is 6.06. The zero-order valence-electron chi connectivity index (χ0n) is 14.1. The predicted octanol–water partition coefficient (Wildman–Crippen LogP) is 4.57. The number of nitrogens with zero attached hydrogens (tertiary/aromatic N) is 1. The molecule has 0 aliphatic rings. The molecule has 0 saturated heterocycles. The molecule has 2 N–H and O–H groups in total. The lowest BCUT2D eigenvalue weighted by Crippen LogP contribution is -2.23. The van der Waals surface area contributed by atoms with E-state index in [0.717, 1.165) is 5.56 Å². The molecule has 0 fully saturated rings. The van der Waals surface area contributed by atoms with Crippen LogP contribution in [0.1, 0.15) is 26.3 Å². The van der Waals surface area contributed by atoms with E-state index in [1.54, 1.807) is 48.7 Å². The van der Waals surface area contributed by atoms with Gasteiger partial charge in [-0.25, -0.2) is 0 Å². The van der Waals surface area contributed by atoms with E-state index in [1.165, 1.54) is 12.3 Å². The van der Waals surface area contributed by atoms with Crippen molar-refractivity contribution in [3.63, 3.8) is 0 Å². The van der Waals surface area contributed by atoms with Crippen LogP contribution in [0.4, 0.5) is 5.69 Å². The number of aromatic nitrogens is 1. The highest BCUT2D eigenvalue weighted by atomic mass is 35.5. The van der Waals surface area contributed by atoms with E-state index in [0.29, 0.717) is 33.4 Å². The molecule has 5 nitrogen and oxygen atoms in total. The molecule has 0 aliphatic heterocycles. The van der Waals surface area contributed by atoms with E-state index in [-0.39, 0.29) is 11.8 Å². The number of halogens is 2. The average Bonchev–Trinajstić information content (AvgIpc) is 2.69. The Hall–Kier alpha value is -2.89. The number of benzene rings is 2. The molecule has 1 aromatic heterocycles. The van der Waals surface area contributed by atoms with Crippen molar-refractivity contribution in [2.45, 2.75) is 6.54 Å². The van der Waals surface area contributed by atoms with Gasteiger partial charge in [-0.1, -0.05) is 35.3 Å². The zero-order valence-corrected chi connectivity index (χ0v) is 15.6. The molecule has 2 amide bonds. The molecule has 136 valence electrons. The zero-order chi connectivity index (χ0) is 19.2. The van der Waals surface area contributed by atoms with Gasteiger partial charge in [0.15, 0.2) is 0 Å². The minimum absolute atomic E-state index is 0.219. The third kappa shape index (κ3) is 5.06. The number of amides is 2. The second-order valence-corrected chi connectivity index (χ2v) is 6.55. The summed E-state index contributed by atoms with van der Waals surface area (Å²) in [7, 11) is 0. The van der Waals surface area contributed by atoms with Gasteiger partial charge in [-0.3, -0.25) is 14.6 Å². The molecule has 0 unspecified atom stereocenters. The Labute approximate surface area is 166 Å². The number of carbonyl (C=O) groups is 2. The predicted molar refractivity (Wildman–Crippen MR) is 106 cm³/mol. The first-order chi connectivity index (χ1) is 13.0. The summed E-state index contributed by atoms with van der Waals surface area (Å²) in [4.78, 5) is 28.4. The van der Waals surface area contributed by atoms with Crippen molar-refractivity contribution in [1.29, 1.82) is 0 Å². The molecule has 1 heterocycles. The molecular formula is C20H15Cl2N3O2. The molecule has 0 spiro atoms. The number of carbonyl (C=O) groups excluding carboxylic acids is 2. The molecule has 3 rings (SSSR count). The number of rotatable bonds is 5. The maximum Gasteiger partial charge on any atom is 0.257 e. The van der Waals surface area contributed by atoms with E-state index < -0.39 is 0 Å². The molecule has 2 aromatic carbocycles. The Morgan fingerprint density at radius 1 is 0.963 bits per heavy atom. The first-order valence-electron chi connectivity index (χ1n) is 8.06. The van der Waals surface area contributed by atoms with Crippen molar-refractivity contribution in [3.05, 3.63) is 93.7 Å². The summed E-state index contributed by atoms with van der Waals surface area (Å²) < 4.78 is 0. The minimum Gasteiger partial charge on any atom is -0.348 e. The quantitative estimate of drug-likeness (QED) is 0.659. The second-order valence-electron chi connectivity index (χ2n) is 5.70. The van der Waals surface area contributed by atoms with Crippen LogP contribution in [-0.2, 0) is 6.54 Å². The molecule has 0 atom stereocenters.